The summed E-state index contributed by atoms with van der Waals surface area (Å²) in [6.45, 7) is 12.3. The summed E-state index contributed by atoms with van der Waals surface area (Å²) in [5.41, 5.74) is 6.01. The van der Waals surface area contributed by atoms with Crippen LogP contribution in [0.2, 0.25) is 0 Å². The molecule has 0 amide bonds. The molecular weight excluding hydrogens is 561 g/mol. The Morgan fingerprint density at radius 2 is 1.22 bits per heavy atom. The standard InChI is InChI=1S/C26H50N3O11P/c1-9-12-14-16-35-25(31)37-22(19(4)5)39-41(33,28-24(27)29(8)18-21(30)34-11-3)40-23(20(6)7)38-26(32)36-17-15-13-10-2/h19-20,22-23H,9-18H2,1-8H3,(H2,27,28,33). The zero-order chi connectivity index (χ0) is 31.4. The van der Waals surface area contributed by atoms with Gasteiger partial charge >= 0.3 is 26.0 Å². The van der Waals surface area contributed by atoms with Gasteiger partial charge in [-0.15, -0.1) is 4.76 Å². The number of nitrogens with two attached hydrogens (primary N) is 1. The van der Waals surface area contributed by atoms with E-state index in [0.29, 0.717) is 12.8 Å². The monoisotopic (exact) mass is 611 g/mol. The van der Waals surface area contributed by atoms with Gasteiger partial charge in [-0.05, 0) is 19.8 Å². The average molecular weight is 612 g/mol. The van der Waals surface area contributed by atoms with Gasteiger partial charge in [0.05, 0.1) is 19.8 Å². The van der Waals surface area contributed by atoms with Crippen molar-refractivity contribution in [2.45, 2.75) is 99.6 Å². The van der Waals surface area contributed by atoms with Crippen LogP contribution in [0.15, 0.2) is 4.76 Å². The number of likely N-dealkylation sites (N-methyl/N-ethyl adjacent to an activating group) is 1. The van der Waals surface area contributed by atoms with E-state index in [9.17, 15) is 18.9 Å². The molecule has 15 heteroatoms. The molecule has 0 aliphatic rings. The van der Waals surface area contributed by atoms with Crippen LogP contribution in [0.5, 0.6) is 0 Å². The van der Waals surface area contributed by atoms with Crippen LogP contribution in [-0.4, -0.2) is 75.1 Å². The summed E-state index contributed by atoms with van der Waals surface area (Å²) in [5.74, 6) is -2.08. The van der Waals surface area contributed by atoms with Crippen molar-refractivity contribution in [1.82, 2.24) is 4.90 Å². The molecule has 0 aliphatic carbocycles. The first-order valence-corrected chi connectivity index (χ1v) is 15.6. The number of rotatable bonds is 20. The Kier molecular flexibility index (Phi) is 19.9. The summed E-state index contributed by atoms with van der Waals surface area (Å²) in [6, 6.07) is 0. The highest BCUT2D eigenvalue weighted by atomic mass is 31.2. The molecule has 14 nitrogen and oxygen atoms in total. The van der Waals surface area contributed by atoms with E-state index in [0.717, 1.165) is 30.6 Å². The molecule has 0 aliphatic heterocycles. The van der Waals surface area contributed by atoms with E-state index in [4.69, 9.17) is 38.5 Å². The Hall–Kier alpha value is -2.57. The van der Waals surface area contributed by atoms with Crippen molar-refractivity contribution in [2.24, 2.45) is 22.3 Å². The van der Waals surface area contributed by atoms with Crippen molar-refractivity contribution in [1.29, 1.82) is 0 Å². The lowest BCUT2D eigenvalue weighted by Crippen LogP contribution is -2.38. The average Bonchev–Trinajstić information content (AvgIpc) is 2.88. The van der Waals surface area contributed by atoms with Gasteiger partial charge in [0.2, 0.25) is 18.5 Å². The highest BCUT2D eigenvalue weighted by Crippen LogP contribution is 2.54. The van der Waals surface area contributed by atoms with E-state index >= 15 is 0 Å². The third-order valence-electron chi connectivity index (χ3n) is 5.21. The van der Waals surface area contributed by atoms with E-state index in [1.807, 2.05) is 13.8 Å². The molecule has 0 saturated heterocycles. The largest absolute Gasteiger partial charge is 0.510 e. The molecule has 0 bridgehead atoms. The Balaban J connectivity index is 5.99. The maximum absolute atomic E-state index is 14.0. The van der Waals surface area contributed by atoms with Crippen molar-refractivity contribution in [3.05, 3.63) is 0 Å². The highest BCUT2D eigenvalue weighted by molar-refractivity contribution is 7.52. The number of nitrogens with zero attached hydrogens (tertiary/aromatic N) is 2. The number of hydrogen-bond acceptors (Lipinski definition) is 11. The zero-order valence-electron chi connectivity index (χ0n) is 25.8. The molecular formula is C26H50N3O11P. The first-order valence-electron chi connectivity index (χ1n) is 14.1. The van der Waals surface area contributed by atoms with Gasteiger partial charge in [0.1, 0.15) is 6.54 Å². The van der Waals surface area contributed by atoms with Gasteiger partial charge in [-0.3, -0.25) is 4.79 Å². The number of ether oxygens (including phenoxy) is 5. The van der Waals surface area contributed by atoms with Crippen molar-refractivity contribution in [2.75, 3.05) is 33.4 Å². The molecule has 0 aromatic heterocycles. The lowest BCUT2D eigenvalue weighted by Gasteiger charge is -2.28. The maximum Gasteiger partial charge on any atom is 0.510 e. The van der Waals surface area contributed by atoms with Gasteiger partial charge in [0, 0.05) is 18.9 Å². The summed E-state index contributed by atoms with van der Waals surface area (Å²) < 4.78 is 54.7. The smallest absolute Gasteiger partial charge is 0.465 e. The molecule has 0 aromatic rings. The fraction of sp³-hybridized carbons (Fsp3) is 0.846. The van der Waals surface area contributed by atoms with E-state index in [1.54, 1.807) is 34.6 Å². The molecule has 0 rings (SSSR count). The van der Waals surface area contributed by atoms with Crippen LogP contribution in [-0.2, 0) is 42.1 Å². The second kappa shape index (κ2) is 21.2. The van der Waals surface area contributed by atoms with Crippen molar-refractivity contribution in [3.8, 4) is 0 Å². The van der Waals surface area contributed by atoms with Crippen LogP contribution >= 0.6 is 7.75 Å². The van der Waals surface area contributed by atoms with Crippen LogP contribution in [0, 0.1) is 11.8 Å². The maximum atomic E-state index is 14.0. The number of hydrogen-bond donors (Lipinski definition) is 1. The van der Waals surface area contributed by atoms with Gasteiger partial charge in [-0.2, -0.15) is 0 Å². The van der Waals surface area contributed by atoms with E-state index in [1.165, 1.54) is 7.05 Å². The summed E-state index contributed by atoms with van der Waals surface area (Å²) in [6.07, 6.45) is -0.0496. The lowest BCUT2D eigenvalue weighted by atomic mass is 10.2. The minimum Gasteiger partial charge on any atom is -0.465 e. The third kappa shape index (κ3) is 17.8. The number of esters is 1. The Bertz CT molecular complexity index is 811. The summed E-state index contributed by atoms with van der Waals surface area (Å²) >= 11 is 0. The molecule has 2 unspecified atom stereocenters. The molecule has 240 valence electrons. The van der Waals surface area contributed by atoms with Gasteiger partial charge in [-0.25, -0.2) is 23.2 Å². The summed E-state index contributed by atoms with van der Waals surface area (Å²) in [7, 11) is -3.28. The van der Waals surface area contributed by atoms with Crippen LogP contribution in [0.1, 0.15) is 87.0 Å². The molecule has 2 N–H and O–H groups in total. The Morgan fingerprint density at radius 3 is 1.59 bits per heavy atom. The second-order valence-electron chi connectivity index (χ2n) is 9.87. The molecule has 41 heavy (non-hydrogen) atoms. The topological polar surface area (TPSA) is 175 Å². The molecule has 0 fully saturated rings. The normalized spacial score (nSPS) is 14.6. The Labute approximate surface area is 244 Å². The second-order valence-corrected chi connectivity index (χ2v) is 11.4. The van der Waals surface area contributed by atoms with Gasteiger partial charge < -0.3 is 34.3 Å². The number of carbonyl (C=O) groups is 3. The fourth-order valence-corrected chi connectivity index (χ4v) is 4.49. The molecule has 2 atom stereocenters. The van der Waals surface area contributed by atoms with E-state index in [-0.39, 0.29) is 26.4 Å². The first kappa shape index (κ1) is 38.4. The number of carbonyl (C=O) groups excluding carboxylic acids is 3. The van der Waals surface area contributed by atoms with Crippen LogP contribution in [0.25, 0.3) is 0 Å². The van der Waals surface area contributed by atoms with Gasteiger partial charge in [-0.1, -0.05) is 67.2 Å². The van der Waals surface area contributed by atoms with Gasteiger partial charge in [0.25, 0.3) is 0 Å². The molecule has 0 radical (unpaired) electrons. The van der Waals surface area contributed by atoms with Crippen molar-refractivity contribution in [3.63, 3.8) is 0 Å². The van der Waals surface area contributed by atoms with Crippen LogP contribution in [0.4, 0.5) is 9.59 Å². The molecule has 0 saturated carbocycles. The minimum absolute atomic E-state index is 0.138. The molecule has 0 aromatic carbocycles. The minimum atomic E-state index is -4.69. The number of unbranched alkanes of at least 4 members (excludes halogenated alkanes) is 4. The molecule has 0 heterocycles. The lowest BCUT2D eigenvalue weighted by molar-refractivity contribution is -0.143. The predicted molar refractivity (Wildman–Crippen MR) is 152 cm³/mol. The SMILES string of the molecule is CCCCCOC(=O)OC(OP(=O)(/N=C(\N)N(C)CC(=O)OCC)OC(OC(=O)OCCCCC)C(C)C)C(C)C. The fourth-order valence-electron chi connectivity index (χ4n) is 2.85. The van der Waals surface area contributed by atoms with E-state index in [2.05, 4.69) is 4.76 Å². The number of guanidine groups is 1. The quantitative estimate of drug-likeness (QED) is 0.0343. The van der Waals surface area contributed by atoms with Crippen LogP contribution < -0.4 is 5.73 Å². The summed E-state index contributed by atoms with van der Waals surface area (Å²) in [5, 5.41) is 0. The first-order chi connectivity index (χ1) is 19.3. The van der Waals surface area contributed by atoms with Crippen molar-refractivity contribution >= 4 is 32.0 Å². The predicted octanol–water partition coefficient (Wildman–Crippen LogP) is 5.59. The Morgan fingerprint density at radius 1 is 0.780 bits per heavy atom. The zero-order valence-corrected chi connectivity index (χ0v) is 26.7. The van der Waals surface area contributed by atoms with E-state index < -0.39 is 56.4 Å². The highest BCUT2D eigenvalue weighted by Gasteiger charge is 2.39. The van der Waals surface area contributed by atoms with Crippen LogP contribution in [0.3, 0.4) is 0 Å². The third-order valence-corrected chi connectivity index (χ3v) is 6.61. The molecule has 0 spiro atoms. The van der Waals surface area contributed by atoms with Crippen molar-refractivity contribution < 1.29 is 51.7 Å². The van der Waals surface area contributed by atoms with Gasteiger partial charge in [0.15, 0.2) is 0 Å². The summed E-state index contributed by atoms with van der Waals surface area (Å²) in [4.78, 5) is 37.6.